The van der Waals surface area contributed by atoms with E-state index >= 15 is 0 Å². The average molecular weight is 474 g/mol. The Labute approximate surface area is 180 Å². The normalized spacial score (nSPS) is 10.9. The van der Waals surface area contributed by atoms with Crippen LogP contribution >= 0.6 is 27.3 Å². The highest BCUT2D eigenvalue weighted by molar-refractivity contribution is 9.10. The number of amides is 2. The molecule has 2 aromatic carbocycles. The molecule has 1 heterocycles. The monoisotopic (exact) mass is 473 g/mol. The molecule has 3 rings (SSSR count). The molecule has 0 atom stereocenters. The molecule has 0 saturated heterocycles. The highest BCUT2D eigenvalue weighted by Gasteiger charge is 2.20. The van der Waals surface area contributed by atoms with Gasteiger partial charge in [-0.3, -0.25) is 14.5 Å². The van der Waals surface area contributed by atoms with Crippen molar-refractivity contribution in [2.45, 2.75) is 13.8 Å². The second-order valence-electron chi connectivity index (χ2n) is 6.14. The van der Waals surface area contributed by atoms with Crippen LogP contribution in [-0.4, -0.2) is 16.8 Å². The van der Waals surface area contributed by atoms with Crippen molar-refractivity contribution in [3.05, 3.63) is 75.5 Å². The van der Waals surface area contributed by atoms with Crippen molar-refractivity contribution in [1.82, 2.24) is 4.98 Å². The quantitative estimate of drug-likeness (QED) is 0.484. The number of rotatable bonds is 5. The summed E-state index contributed by atoms with van der Waals surface area (Å²) in [5, 5.41) is 4.83. The van der Waals surface area contributed by atoms with Crippen LogP contribution in [0.3, 0.4) is 0 Å². The molecule has 0 spiro atoms. The molecule has 0 aliphatic carbocycles. The lowest BCUT2D eigenvalue weighted by Gasteiger charge is -2.18. The van der Waals surface area contributed by atoms with E-state index in [1.54, 1.807) is 23.6 Å². The molecule has 0 aliphatic rings. The molecule has 1 aromatic heterocycles. The molecule has 0 saturated carbocycles. The number of hydrogen-bond donors (Lipinski definition) is 1. The number of aryl methyl sites for hydroxylation is 1. The van der Waals surface area contributed by atoms with E-state index in [1.807, 2.05) is 25.1 Å². The maximum absolute atomic E-state index is 14.1. The zero-order chi connectivity index (χ0) is 21.0. The van der Waals surface area contributed by atoms with Crippen molar-refractivity contribution in [3.8, 4) is 0 Å². The highest BCUT2D eigenvalue weighted by Crippen LogP contribution is 2.31. The number of thiazole rings is 1. The van der Waals surface area contributed by atoms with E-state index in [-0.39, 0.29) is 17.5 Å². The zero-order valence-electron chi connectivity index (χ0n) is 15.6. The van der Waals surface area contributed by atoms with Gasteiger partial charge in [-0.15, -0.1) is 11.3 Å². The minimum absolute atomic E-state index is 0.132. The Kier molecular flexibility index (Phi) is 6.56. The molecule has 0 radical (unpaired) electrons. The van der Waals surface area contributed by atoms with E-state index in [0.29, 0.717) is 16.5 Å². The molecular weight excluding hydrogens is 457 g/mol. The maximum Gasteiger partial charge on any atom is 0.248 e. The van der Waals surface area contributed by atoms with Crippen molar-refractivity contribution in [2.24, 2.45) is 0 Å². The van der Waals surface area contributed by atoms with E-state index < -0.39 is 5.82 Å². The van der Waals surface area contributed by atoms with Crippen LogP contribution in [0, 0.1) is 12.7 Å². The molecule has 5 nitrogen and oxygen atoms in total. The summed E-state index contributed by atoms with van der Waals surface area (Å²) < 4.78 is 15.0. The molecule has 0 bridgehead atoms. The minimum Gasteiger partial charge on any atom is -0.322 e. The lowest BCUT2D eigenvalue weighted by atomic mass is 10.2. The topological polar surface area (TPSA) is 62.3 Å². The number of carbonyl (C=O) groups is 2. The number of hydrogen-bond acceptors (Lipinski definition) is 4. The smallest absolute Gasteiger partial charge is 0.248 e. The number of nitrogens with one attached hydrogen (secondary N) is 1. The van der Waals surface area contributed by atoms with Crippen molar-refractivity contribution < 1.29 is 14.0 Å². The lowest BCUT2D eigenvalue weighted by Crippen LogP contribution is -2.23. The fraction of sp³-hybridized carbons (Fsp3) is 0.0952. The van der Waals surface area contributed by atoms with Gasteiger partial charge in [0.05, 0.1) is 11.4 Å². The third-order valence-electron chi connectivity index (χ3n) is 3.97. The van der Waals surface area contributed by atoms with Crippen molar-refractivity contribution in [2.75, 3.05) is 10.2 Å². The molecule has 0 unspecified atom stereocenters. The van der Waals surface area contributed by atoms with Gasteiger partial charge in [0, 0.05) is 28.5 Å². The molecule has 3 aromatic rings. The predicted molar refractivity (Wildman–Crippen MR) is 118 cm³/mol. The van der Waals surface area contributed by atoms with Crippen LogP contribution < -0.4 is 10.2 Å². The Balaban J connectivity index is 1.77. The number of nitrogens with zero attached hydrogens (tertiary/aromatic N) is 2. The molecule has 0 fully saturated rings. The Morgan fingerprint density at radius 1 is 1.24 bits per heavy atom. The van der Waals surface area contributed by atoms with Crippen LogP contribution in [0.5, 0.6) is 0 Å². The molecule has 1 N–H and O–H groups in total. The van der Waals surface area contributed by atoms with Crippen LogP contribution in [0.1, 0.15) is 18.2 Å². The standard InChI is InChI=1S/C21H17BrFN3O2S/c1-13-7-8-15(22)11-18(13)25-20(28)10-9-16-12-29-21(24-16)26(14(2)27)19-6-4-3-5-17(19)23/h3-12H,1-2H3,(H,25,28)/b10-9+. The van der Waals surface area contributed by atoms with Crippen LogP contribution in [0.2, 0.25) is 0 Å². The Hall–Kier alpha value is -2.84. The van der Waals surface area contributed by atoms with Gasteiger partial charge < -0.3 is 5.32 Å². The van der Waals surface area contributed by atoms with Crippen LogP contribution in [0.25, 0.3) is 6.08 Å². The fourth-order valence-electron chi connectivity index (χ4n) is 2.56. The van der Waals surface area contributed by atoms with Gasteiger partial charge in [-0.05, 0) is 42.8 Å². The first-order valence-corrected chi connectivity index (χ1v) is 10.3. The predicted octanol–water partition coefficient (Wildman–Crippen LogP) is 5.69. The Bertz CT molecular complexity index is 1100. The Morgan fingerprint density at radius 3 is 2.72 bits per heavy atom. The van der Waals surface area contributed by atoms with Gasteiger partial charge in [-0.2, -0.15) is 0 Å². The highest BCUT2D eigenvalue weighted by atomic mass is 79.9. The number of carbonyl (C=O) groups excluding carboxylic acids is 2. The maximum atomic E-state index is 14.1. The van der Waals surface area contributed by atoms with Gasteiger partial charge in [0.15, 0.2) is 5.13 Å². The summed E-state index contributed by atoms with van der Waals surface area (Å²) in [5.41, 5.74) is 2.27. The van der Waals surface area contributed by atoms with Crippen molar-refractivity contribution in [1.29, 1.82) is 0 Å². The number of halogens is 2. The molecule has 8 heteroatoms. The Morgan fingerprint density at radius 2 is 2.00 bits per heavy atom. The van der Waals surface area contributed by atoms with Gasteiger partial charge >= 0.3 is 0 Å². The summed E-state index contributed by atoms with van der Waals surface area (Å²) >= 11 is 4.57. The molecule has 29 heavy (non-hydrogen) atoms. The molecule has 0 aliphatic heterocycles. The minimum atomic E-state index is -0.515. The van der Waals surface area contributed by atoms with E-state index in [0.717, 1.165) is 10.0 Å². The second kappa shape index (κ2) is 9.11. The van der Waals surface area contributed by atoms with Crippen LogP contribution in [-0.2, 0) is 9.59 Å². The SMILES string of the molecule is CC(=O)N(c1nc(/C=C/C(=O)Nc2cc(Br)ccc2C)cs1)c1ccccc1F. The molecular formula is C21H17BrFN3O2S. The summed E-state index contributed by atoms with van der Waals surface area (Å²) in [7, 11) is 0. The fourth-order valence-corrected chi connectivity index (χ4v) is 3.77. The largest absolute Gasteiger partial charge is 0.322 e. The average Bonchev–Trinajstić information content (AvgIpc) is 3.13. The van der Waals surface area contributed by atoms with Crippen molar-refractivity contribution >= 4 is 61.7 Å². The van der Waals surface area contributed by atoms with E-state index in [4.69, 9.17) is 0 Å². The first kappa shape index (κ1) is 20.9. The first-order chi connectivity index (χ1) is 13.8. The summed E-state index contributed by atoms with van der Waals surface area (Å²) in [6.07, 6.45) is 2.91. The number of para-hydroxylation sites is 1. The van der Waals surface area contributed by atoms with Gasteiger partial charge in [-0.25, -0.2) is 9.37 Å². The van der Waals surface area contributed by atoms with E-state index in [9.17, 15) is 14.0 Å². The molecule has 148 valence electrons. The van der Waals surface area contributed by atoms with Gasteiger partial charge in [0.2, 0.25) is 11.8 Å². The van der Waals surface area contributed by atoms with Crippen LogP contribution in [0.4, 0.5) is 20.9 Å². The zero-order valence-corrected chi connectivity index (χ0v) is 18.1. The number of benzene rings is 2. The number of aromatic nitrogens is 1. The third kappa shape index (κ3) is 5.16. The van der Waals surface area contributed by atoms with E-state index in [2.05, 4.69) is 26.2 Å². The van der Waals surface area contributed by atoms with Gasteiger partial charge in [0.25, 0.3) is 0 Å². The lowest BCUT2D eigenvalue weighted by molar-refractivity contribution is -0.116. The van der Waals surface area contributed by atoms with Gasteiger partial charge in [-0.1, -0.05) is 34.1 Å². The summed E-state index contributed by atoms with van der Waals surface area (Å²) in [4.78, 5) is 29.8. The van der Waals surface area contributed by atoms with Crippen LogP contribution in [0.15, 0.2) is 58.4 Å². The number of anilines is 3. The summed E-state index contributed by atoms with van der Waals surface area (Å²) in [6, 6.07) is 11.6. The first-order valence-electron chi connectivity index (χ1n) is 8.61. The summed E-state index contributed by atoms with van der Waals surface area (Å²) in [5.74, 6) is -1.18. The van der Waals surface area contributed by atoms with Gasteiger partial charge in [0.1, 0.15) is 5.82 Å². The molecule has 2 amide bonds. The second-order valence-corrected chi connectivity index (χ2v) is 7.89. The summed E-state index contributed by atoms with van der Waals surface area (Å²) in [6.45, 7) is 3.24. The van der Waals surface area contributed by atoms with Crippen molar-refractivity contribution in [3.63, 3.8) is 0 Å². The van der Waals surface area contributed by atoms with E-state index in [1.165, 1.54) is 41.4 Å². The third-order valence-corrected chi connectivity index (χ3v) is 5.31.